The highest BCUT2D eigenvalue weighted by Gasteiger charge is 1.98. The fraction of sp³-hybridized carbons (Fsp3) is 0.222. The third kappa shape index (κ3) is 2.63. The van der Waals surface area contributed by atoms with Crippen molar-refractivity contribution in [1.82, 2.24) is 15.0 Å². The summed E-state index contributed by atoms with van der Waals surface area (Å²) in [5.41, 5.74) is 2.57. The zero-order valence-corrected chi connectivity index (χ0v) is 8.97. The first-order chi connectivity index (χ1) is 7.24. The van der Waals surface area contributed by atoms with Crippen molar-refractivity contribution in [2.75, 3.05) is 5.32 Å². The van der Waals surface area contributed by atoms with Crippen LogP contribution in [0.4, 0.5) is 5.82 Å². The quantitative estimate of drug-likeness (QED) is 0.817. The molecule has 0 aliphatic rings. The highest BCUT2D eigenvalue weighted by molar-refractivity contribution is 7.07. The number of rotatable bonds is 3. The summed E-state index contributed by atoms with van der Waals surface area (Å²) in [7, 11) is 0. The minimum absolute atomic E-state index is 0.150. The van der Waals surface area contributed by atoms with E-state index in [1.54, 1.807) is 23.8 Å². The molecule has 2 aromatic rings. The second kappa shape index (κ2) is 4.22. The van der Waals surface area contributed by atoms with Crippen LogP contribution in [0.1, 0.15) is 11.5 Å². The van der Waals surface area contributed by atoms with Crippen molar-refractivity contribution in [1.29, 1.82) is 0 Å². The zero-order valence-electron chi connectivity index (χ0n) is 8.15. The van der Waals surface area contributed by atoms with Crippen molar-refractivity contribution < 1.29 is 0 Å². The van der Waals surface area contributed by atoms with Crippen LogP contribution in [0.3, 0.4) is 0 Å². The Balaban J connectivity index is 2.08. The van der Waals surface area contributed by atoms with Gasteiger partial charge in [0.05, 0.1) is 17.7 Å². The van der Waals surface area contributed by atoms with Gasteiger partial charge in [0.15, 0.2) is 0 Å². The number of nitrogens with one attached hydrogen (secondary N) is 2. The smallest absolute Gasteiger partial charge is 0.252 e. The van der Waals surface area contributed by atoms with E-state index in [1.807, 2.05) is 5.38 Å². The van der Waals surface area contributed by atoms with E-state index < -0.39 is 0 Å². The molecular weight excluding hydrogens is 212 g/mol. The second-order valence-electron chi connectivity index (χ2n) is 3.05. The van der Waals surface area contributed by atoms with Crippen LogP contribution in [0.5, 0.6) is 0 Å². The molecule has 5 nitrogen and oxygen atoms in total. The third-order valence-electron chi connectivity index (χ3n) is 1.79. The summed E-state index contributed by atoms with van der Waals surface area (Å²) in [6, 6.07) is 1.43. The number of nitrogens with zero attached hydrogens (tertiary/aromatic N) is 2. The van der Waals surface area contributed by atoms with E-state index in [-0.39, 0.29) is 5.56 Å². The van der Waals surface area contributed by atoms with Crippen molar-refractivity contribution in [3.05, 3.63) is 38.8 Å². The number of hydrogen-bond acceptors (Lipinski definition) is 5. The zero-order chi connectivity index (χ0) is 10.7. The summed E-state index contributed by atoms with van der Waals surface area (Å²) >= 11 is 1.54. The monoisotopic (exact) mass is 222 g/mol. The Morgan fingerprint density at radius 2 is 2.47 bits per heavy atom. The molecule has 6 heteroatoms. The van der Waals surface area contributed by atoms with Crippen LogP contribution in [0.25, 0.3) is 0 Å². The summed E-state index contributed by atoms with van der Waals surface area (Å²) in [5.74, 6) is 1.17. The van der Waals surface area contributed by atoms with E-state index in [2.05, 4.69) is 20.3 Å². The second-order valence-corrected chi connectivity index (χ2v) is 3.77. The van der Waals surface area contributed by atoms with Crippen LogP contribution >= 0.6 is 11.3 Å². The molecule has 0 fully saturated rings. The molecule has 0 amide bonds. The van der Waals surface area contributed by atoms with Crippen LogP contribution in [-0.4, -0.2) is 15.0 Å². The lowest BCUT2D eigenvalue weighted by molar-refractivity contribution is 0.985. The first-order valence-electron chi connectivity index (χ1n) is 4.43. The van der Waals surface area contributed by atoms with Crippen LogP contribution in [0, 0.1) is 6.92 Å². The fourth-order valence-electron chi connectivity index (χ4n) is 1.18. The van der Waals surface area contributed by atoms with Gasteiger partial charge in [-0.25, -0.2) is 9.97 Å². The van der Waals surface area contributed by atoms with Gasteiger partial charge in [-0.05, 0) is 6.92 Å². The van der Waals surface area contributed by atoms with Crippen LogP contribution < -0.4 is 10.9 Å². The standard InChI is InChI=1S/C9H10N4OS/c1-6-12-8(2-9(14)13-6)10-3-7-4-15-5-11-7/h2,4-5H,3H2,1H3,(H2,10,12,13,14). The number of thiazole rings is 1. The van der Waals surface area contributed by atoms with E-state index in [4.69, 9.17) is 0 Å². The van der Waals surface area contributed by atoms with E-state index in [9.17, 15) is 4.79 Å². The summed E-state index contributed by atoms with van der Waals surface area (Å²) in [6.45, 7) is 2.33. The number of aromatic nitrogens is 3. The van der Waals surface area contributed by atoms with E-state index in [1.165, 1.54) is 6.07 Å². The minimum atomic E-state index is -0.150. The normalized spacial score (nSPS) is 10.2. The average molecular weight is 222 g/mol. The van der Waals surface area contributed by atoms with Gasteiger partial charge in [-0.3, -0.25) is 4.79 Å². The lowest BCUT2D eigenvalue weighted by atomic mass is 10.4. The predicted molar refractivity (Wildman–Crippen MR) is 59.0 cm³/mol. The molecule has 0 aliphatic heterocycles. The number of H-pyrrole nitrogens is 1. The molecule has 2 N–H and O–H groups in total. The number of anilines is 1. The summed E-state index contributed by atoms with van der Waals surface area (Å²) in [4.78, 5) is 22.0. The van der Waals surface area contributed by atoms with Crippen molar-refractivity contribution in [3.8, 4) is 0 Å². The highest BCUT2D eigenvalue weighted by atomic mass is 32.1. The maximum Gasteiger partial charge on any atom is 0.252 e. The SMILES string of the molecule is Cc1nc(NCc2cscn2)cc(=O)[nH]1. The molecule has 0 atom stereocenters. The van der Waals surface area contributed by atoms with Crippen molar-refractivity contribution in [3.63, 3.8) is 0 Å². The van der Waals surface area contributed by atoms with Gasteiger partial charge in [-0.2, -0.15) is 0 Å². The maximum absolute atomic E-state index is 11.1. The Morgan fingerprint density at radius 3 is 3.13 bits per heavy atom. The summed E-state index contributed by atoms with van der Waals surface area (Å²) in [6.07, 6.45) is 0. The Bertz CT molecular complexity index is 491. The van der Waals surface area contributed by atoms with E-state index in [0.29, 0.717) is 18.2 Å². The van der Waals surface area contributed by atoms with E-state index >= 15 is 0 Å². The van der Waals surface area contributed by atoms with Gasteiger partial charge in [0.25, 0.3) is 5.56 Å². The molecule has 0 saturated heterocycles. The first kappa shape index (κ1) is 9.85. The molecule has 0 aromatic carbocycles. The van der Waals surface area contributed by atoms with Gasteiger partial charge in [-0.15, -0.1) is 11.3 Å². The Hall–Kier alpha value is -1.69. The van der Waals surface area contributed by atoms with Gasteiger partial charge < -0.3 is 10.3 Å². The fourth-order valence-corrected chi connectivity index (χ4v) is 1.73. The molecule has 0 saturated carbocycles. The lowest BCUT2D eigenvalue weighted by Crippen LogP contribution is -2.11. The van der Waals surface area contributed by atoms with Gasteiger partial charge in [0.1, 0.15) is 11.6 Å². The summed E-state index contributed by atoms with van der Waals surface area (Å²) in [5, 5.41) is 4.99. The third-order valence-corrected chi connectivity index (χ3v) is 2.43. The Kier molecular flexibility index (Phi) is 2.77. The minimum Gasteiger partial charge on any atom is -0.364 e. The molecule has 15 heavy (non-hydrogen) atoms. The van der Waals surface area contributed by atoms with Crippen LogP contribution in [0.15, 0.2) is 21.8 Å². The highest BCUT2D eigenvalue weighted by Crippen LogP contribution is 2.04. The van der Waals surface area contributed by atoms with Crippen molar-refractivity contribution in [2.45, 2.75) is 13.5 Å². The van der Waals surface area contributed by atoms with Crippen LogP contribution in [0.2, 0.25) is 0 Å². The first-order valence-corrected chi connectivity index (χ1v) is 5.37. The molecule has 0 unspecified atom stereocenters. The number of aryl methyl sites for hydroxylation is 1. The molecule has 78 valence electrons. The molecule has 0 spiro atoms. The molecule has 0 aliphatic carbocycles. The van der Waals surface area contributed by atoms with Crippen LogP contribution in [-0.2, 0) is 6.54 Å². The molecule has 0 bridgehead atoms. The molecule has 2 heterocycles. The van der Waals surface area contributed by atoms with Crippen molar-refractivity contribution in [2.24, 2.45) is 0 Å². The van der Waals surface area contributed by atoms with Crippen molar-refractivity contribution >= 4 is 17.2 Å². The molecule has 2 aromatic heterocycles. The average Bonchev–Trinajstić information content (AvgIpc) is 2.65. The van der Waals surface area contributed by atoms with Gasteiger partial charge in [0.2, 0.25) is 0 Å². The largest absolute Gasteiger partial charge is 0.364 e. The molecule has 0 radical (unpaired) electrons. The summed E-state index contributed by atoms with van der Waals surface area (Å²) < 4.78 is 0. The van der Waals surface area contributed by atoms with E-state index in [0.717, 1.165) is 5.69 Å². The van der Waals surface area contributed by atoms with Gasteiger partial charge >= 0.3 is 0 Å². The van der Waals surface area contributed by atoms with Gasteiger partial charge in [-0.1, -0.05) is 0 Å². The topological polar surface area (TPSA) is 70.7 Å². The molecule has 2 rings (SSSR count). The molecular formula is C9H10N4OS. The van der Waals surface area contributed by atoms with Gasteiger partial charge in [0, 0.05) is 11.4 Å². The predicted octanol–water partition coefficient (Wildman–Crippen LogP) is 1.15. The number of hydrogen-bond donors (Lipinski definition) is 2. The number of aromatic amines is 1. The Labute approximate surface area is 90.2 Å². The Morgan fingerprint density at radius 1 is 1.60 bits per heavy atom. The lowest BCUT2D eigenvalue weighted by Gasteiger charge is -2.03. The maximum atomic E-state index is 11.1.